The van der Waals surface area contributed by atoms with Gasteiger partial charge in [-0.2, -0.15) is 9.45 Å². The van der Waals surface area contributed by atoms with E-state index in [0.717, 1.165) is 24.3 Å². The SMILES string of the molecule is O=S(=O)([O-])c1ccc2c(N=Nc3ccc4c(S(=O)(=O)[O-])cc(SOO[O-])cc4c3)c(O)c(S(=O)(=O)[O-])cc2c1.[Na+].[Na+].[Na+].[Na+]. The molecule has 0 amide bonds. The minimum atomic E-state index is -5.30. The van der Waals surface area contributed by atoms with Crippen molar-refractivity contribution >= 4 is 75.3 Å². The summed E-state index contributed by atoms with van der Waals surface area (Å²) in [6.45, 7) is 0. The molecular weight excluding hydrogens is 696 g/mol. The van der Waals surface area contributed by atoms with E-state index in [4.69, 9.17) is 0 Å². The van der Waals surface area contributed by atoms with Crippen LogP contribution in [0.2, 0.25) is 0 Å². The largest absolute Gasteiger partial charge is 1.00 e. The molecule has 0 aliphatic heterocycles. The molecule has 0 aliphatic carbocycles. The summed E-state index contributed by atoms with van der Waals surface area (Å²) in [7, 11) is -15.2. The van der Waals surface area contributed by atoms with Crippen molar-refractivity contribution in [2.45, 2.75) is 19.6 Å². The molecule has 0 atom stereocenters. The fourth-order valence-corrected chi connectivity index (χ4v) is 5.91. The van der Waals surface area contributed by atoms with Gasteiger partial charge in [0.1, 0.15) is 36.0 Å². The molecule has 23 heteroatoms. The Labute approximate surface area is 337 Å². The molecule has 4 aromatic rings. The first-order chi connectivity index (χ1) is 18.1. The second-order valence-corrected chi connectivity index (χ2v) is 12.4. The number of azo groups is 1. The molecule has 4 rings (SSSR count). The number of fused-ring (bicyclic) bond motifs is 2. The van der Waals surface area contributed by atoms with E-state index < -0.39 is 56.5 Å². The maximum absolute atomic E-state index is 11.7. The van der Waals surface area contributed by atoms with E-state index >= 15 is 0 Å². The minimum absolute atomic E-state index is 0. The second kappa shape index (κ2) is 17.2. The molecule has 0 saturated carbocycles. The van der Waals surface area contributed by atoms with Crippen LogP contribution < -0.4 is 123 Å². The first-order valence-corrected chi connectivity index (χ1v) is 14.9. The fraction of sp³-hybridized carbons (Fsp3) is 0. The number of phenols is 1. The topological polar surface area (TPSA) is 258 Å². The molecular formula is C20H10N2Na4O13S4. The van der Waals surface area contributed by atoms with Gasteiger partial charge in [-0.15, -0.1) is 5.11 Å². The Morgan fingerprint density at radius 3 is 1.81 bits per heavy atom. The molecule has 0 aromatic heterocycles. The van der Waals surface area contributed by atoms with Crippen molar-refractivity contribution in [1.29, 1.82) is 0 Å². The van der Waals surface area contributed by atoms with Crippen LogP contribution in [-0.2, 0) is 39.7 Å². The van der Waals surface area contributed by atoms with Gasteiger partial charge in [-0.05, 0) is 58.6 Å². The van der Waals surface area contributed by atoms with Crippen LogP contribution in [0.3, 0.4) is 0 Å². The Hall–Kier alpha value is 0.760. The molecule has 0 heterocycles. The van der Waals surface area contributed by atoms with Crippen LogP contribution in [0.25, 0.3) is 21.5 Å². The summed E-state index contributed by atoms with van der Waals surface area (Å²) in [5.41, 5.74) is -0.591. The molecule has 1 N–H and O–H groups in total. The van der Waals surface area contributed by atoms with Crippen LogP contribution in [0.1, 0.15) is 0 Å². The van der Waals surface area contributed by atoms with Crippen LogP contribution >= 0.6 is 12.0 Å². The van der Waals surface area contributed by atoms with Gasteiger partial charge in [0.2, 0.25) is 0 Å². The number of rotatable bonds is 8. The van der Waals surface area contributed by atoms with Crippen LogP contribution in [0, 0.1) is 0 Å². The fourth-order valence-electron chi connectivity index (χ4n) is 3.55. The third kappa shape index (κ3) is 10.6. The zero-order valence-corrected chi connectivity index (χ0v) is 33.8. The first kappa shape index (κ1) is 43.8. The minimum Gasteiger partial charge on any atom is -0.744 e. The number of nitrogens with zero attached hydrogens (tertiary/aromatic N) is 2. The molecule has 0 fully saturated rings. The van der Waals surface area contributed by atoms with Gasteiger partial charge in [0.15, 0.2) is 5.75 Å². The van der Waals surface area contributed by atoms with Crippen molar-refractivity contribution in [1.82, 2.24) is 0 Å². The van der Waals surface area contributed by atoms with Gasteiger partial charge in [0.25, 0.3) is 0 Å². The summed E-state index contributed by atoms with van der Waals surface area (Å²) < 4.78 is 109. The van der Waals surface area contributed by atoms with Crippen LogP contribution in [0.5, 0.6) is 5.75 Å². The molecule has 0 radical (unpaired) electrons. The molecule has 0 bridgehead atoms. The summed E-state index contributed by atoms with van der Waals surface area (Å²) in [6, 6.07) is 9.32. The van der Waals surface area contributed by atoms with E-state index in [1.165, 1.54) is 24.3 Å². The molecule has 206 valence electrons. The number of hydrogen-bond donors (Lipinski definition) is 1. The number of benzene rings is 4. The van der Waals surface area contributed by atoms with Crippen molar-refractivity contribution < 1.29 is 177 Å². The summed E-state index contributed by atoms with van der Waals surface area (Å²) in [4.78, 5) is -2.56. The Morgan fingerprint density at radius 1 is 0.674 bits per heavy atom. The zero-order chi connectivity index (χ0) is 28.8. The average molecular weight is 707 g/mol. The average Bonchev–Trinajstić information content (AvgIpc) is 2.83. The van der Waals surface area contributed by atoms with Gasteiger partial charge in [0, 0.05) is 10.3 Å². The third-order valence-electron chi connectivity index (χ3n) is 5.15. The van der Waals surface area contributed by atoms with E-state index in [1.807, 2.05) is 0 Å². The van der Waals surface area contributed by atoms with Gasteiger partial charge < -0.3 is 24.0 Å². The molecule has 0 aliphatic rings. The summed E-state index contributed by atoms with van der Waals surface area (Å²) >= 11 is 0.315. The first-order valence-electron chi connectivity index (χ1n) is 9.90. The number of phenolic OH excluding ortho intramolecular Hbond substituents is 1. The summed E-state index contributed by atoms with van der Waals surface area (Å²) in [5.74, 6) is -1.10. The maximum atomic E-state index is 11.7. The van der Waals surface area contributed by atoms with E-state index in [-0.39, 0.29) is 150 Å². The van der Waals surface area contributed by atoms with E-state index in [0.29, 0.717) is 18.1 Å². The predicted molar refractivity (Wildman–Crippen MR) is 126 cm³/mol. The smallest absolute Gasteiger partial charge is 0.744 e. The monoisotopic (exact) mass is 706 g/mol. The summed E-state index contributed by atoms with van der Waals surface area (Å²) in [6.07, 6.45) is 0. The Morgan fingerprint density at radius 2 is 1.26 bits per heavy atom. The Balaban J connectivity index is 0.00000441. The van der Waals surface area contributed by atoms with Crippen molar-refractivity contribution in [2.24, 2.45) is 10.2 Å². The third-order valence-corrected chi connectivity index (χ3v) is 8.25. The van der Waals surface area contributed by atoms with Crippen LogP contribution in [0.4, 0.5) is 11.4 Å². The molecule has 0 unspecified atom stereocenters. The number of aromatic hydroxyl groups is 1. The molecule has 0 saturated heterocycles. The van der Waals surface area contributed by atoms with Crippen molar-refractivity contribution in [2.75, 3.05) is 0 Å². The van der Waals surface area contributed by atoms with Crippen molar-refractivity contribution in [3.63, 3.8) is 0 Å². The standard InChI is InChI=1S/C20H14N2O13S4.4Na/c23-20-18(39(31,32)33)8-11-7-14(37(25,26)27)2-4-16(11)19(20)22-21-12-1-3-15-10(5-12)6-13(36-35-34-24)9-17(15)38(28,29)30;;;;/h1-9,23-24H,(H,25,26,27)(H,28,29,30)(H,31,32,33);;;;/q;4*+1/p-4. The van der Waals surface area contributed by atoms with Gasteiger partial charge in [-0.3, -0.25) is 5.04 Å². The van der Waals surface area contributed by atoms with E-state index in [2.05, 4.69) is 19.6 Å². The Kier molecular flexibility index (Phi) is 17.5. The van der Waals surface area contributed by atoms with Crippen LogP contribution in [-0.4, -0.2) is 44.0 Å². The molecule has 43 heavy (non-hydrogen) atoms. The van der Waals surface area contributed by atoms with Gasteiger partial charge in [-0.25, -0.2) is 25.3 Å². The quantitative estimate of drug-likeness (QED) is 0.0446. The zero-order valence-electron chi connectivity index (χ0n) is 22.6. The van der Waals surface area contributed by atoms with Crippen LogP contribution in [0.15, 0.2) is 84.4 Å². The van der Waals surface area contributed by atoms with E-state index in [1.54, 1.807) is 0 Å². The molecule has 4 aromatic carbocycles. The van der Waals surface area contributed by atoms with Crippen molar-refractivity contribution in [3.8, 4) is 5.75 Å². The second-order valence-electron chi connectivity index (χ2n) is 7.56. The van der Waals surface area contributed by atoms with Gasteiger partial charge in [0.05, 0.1) is 32.4 Å². The van der Waals surface area contributed by atoms with Crippen molar-refractivity contribution in [3.05, 3.63) is 54.6 Å². The molecule has 0 spiro atoms. The maximum Gasteiger partial charge on any atom is 1.00 e. The normalized spacial score (nSPS) is 11.8. The van der Waals surface area contributed by atoms with E-state index in [9.17, 15) is 49.3 Å². The van der Waals surface area contributed by atoms with Gasteiger partial charge >= 0.3 is 118 Å². The summed E-state index contributed by atoms with van der Waals surface area (Å²) in [5, 5.41) is 31.2. The Bertz CT molecular complexity index is 2010. The molecule has 15 nitrogen and oxygen atoms in total. The van der Waals surface area contributed by atoms with Gasteiger partial charge in [-0.1, -0.05) is 12.1 Å². The predicted octanol–water partition coefficient (Wildman–Crippen LogP) is -9.93. The number of hydrogen-bond acceptors (Lipinski definition) is 16.